The van der Waals surface area contributed by atoms with E-state index in [1.807, 2.05) is 0 Å². The average molecular weight is 241 g/mol. The third-order valence-corrected chi connectivity index (χ3v) is 2.78. The Balaban J connectivity index is 2.21. The molecule has 0 heterocycles. The molecular formula is C11H13BrO. The van der Waals surface area contributed by atoms with Crippen molar-refractivity contribution in [1.82, 2.24) is 0 Å². The second-order valence-electron chi connectivity index (χ2n) is 3.56. The van der Waals surface area contributed by atoms with E-state index in [-0.39, 0.29) is 0 Å². The molecule has 0 N–H and O–H groups in total. The van der Waals surface area contributed by atoms with Gasteiger partial charge in [0.2, 0.25) is 0 Å². The summed E-state index contributed by atoms with van der Waals surface area (Å²) in [5.74, 6) is 1.05. The van der Waals surface area contributed by atoms with Gasteiger partial charge in [0.25, 0.3) is 0 Å². The highest BCUT2D eigenvalue weighted by Crippen LogP contribution is 2.30. The molecule has 0 unspecified atom stereocenters. The Kier molecular flexibility index (Phi) is 2.58. The quantitative estimate of drug-likeness (QED) is 0.736. The molecule has 0 saturated heterocycles. The van der Waals surface area contributed by atoms with Gasteiger partial charge in [-0.05, 0) is 25.8 Å². The normalized spacial score (nSPS) is 15.8. The number of ether oxygens (including phenoxy) is 1. The molecule has 0 bridgehead atoms. The smallest absolute Gasteiger partial charge is 0.123 e. The number of benzene rings is 1. The van der Waals surface area contributed by atoms with E-state index in [0.29, 0.717) is 6.10 Å². The molecule has 70 valence electrons. The van der Waals surface area contributed by atoms with Crippen molar-refractivity contribution in [3.05, 3.63) is 29.3 Å². The van der Waals surface area contributed by atoms with Gasteiger partial charge in [-0.2, -0.15) is 0 Å². The fourth-order valence-corrected chi connectivity index (χ4v) is 1.73. The van der Waals surface area contributed by atoms with E-state index >= 15 is 0 Å². The summed E-state index contributed by atoms with van der Waals surface area (Å²) in [7, 11) is 0. The molecule has 0 atom stereocenters. The van der Waals surface area contributed by atoms with Crippen LogP contribution in [0.4, 0.5) is 0 Å². The van der Waals surface area contributed by atoms with Crippen molar-refractivity contribution < 1.29 is 4.74 Å². The molecule has 1 saturated carbocycles. The first kappa shape index (κ1) is 9.07. The molecule has 0 radical (unpaired) electrons. The first-order valence-electron chi connectivity index (χ1n) is 4.62. The highest BCUT2D eigenvalue weighted by atomic mass is 79.9. The van der Waals surface area contributed by atoms with Crippen LogP contribution in [0.2, 0.25) is 0 Å². The predicted molar refractivity (Wildman–Crippen MR) is 57.5 cm³/mol. The summed E-state index contributed by atoms with van der Waals surface area (Å²) in [4.78, 5) is 0. The van der Waals surface area contributed by atoms with E-state index < -0.39 is 0 Å². The van der Waals surface area contributed by atoms with Crippen molar-refractivity contribution in [1.29, 1.82) is 0 Å². The lowest BCUT2D eigenvalue weighted by atomic mass is 10.1. The number of halogens is 1. The van der Waals surface area contributed by atoms with Crippen molar-refractivity contribution in [3.63, 3.8) is 0 Å². The van der Waals surface area contributed by atoms with Crippen LogP contribution in [0.1, 0.15) is 24.0 Å². The minimum Gasteiger partial charge on any atom is -0.490 e. The summed E-state index contributed by atoms with van der Waals surface area (Å²) in [6, 6.07) is 6.35. The number of aryl methyl sites for hydroxylation is 1. The van der Waals surface area contributed by atoms with Crippen LogP contribution in [-0.4, -0.2) is 6.10 Å². The fourth-order valence-electron chi connectivity index (χ4n) is 1.29. The Morgan fingerprint density at radius 1 is 1.46 bits per heavy atom. The van der Waals surface area contributed by atoms with Gasteiger partial charge in [-0.1, -0.05) is 33.6 Å². The Morgan fingerprint density at radius 2 is 2.23 bits per heavy atom. The van der Waals surface area contributed by atoms with E-state index in [0.717, 1.165) is 11.1 Å². The molecule has 1 aliphatic carbocycles. The van der Waals surface area contributed by atoms with Gasteiger partial charge in [-0.3, -0.25) is 0 Å². The largest absolute Gasteiger partial charge is 0.490 e. The van der Waals surface area contributed by atoms with Gasteiger partial charge >= 0.3 is 0 Å². The molecular weight excluding hydrogens is 228 g/mol. The molecule has 1 fully saturated rings. The van der Waals surface area contributed by atoms with Gasteiger partial charge in [0.05, 0.1) is 6.10 Å². The lowest BCUT2D eigenvalue weighted by molar-refractivity contribution is 0.301. The van der Waals surface area contributed by atoms with Crippen molar-refractivity contribution in [3.8, 4) is 5.75 Å². The van der Waals surface area contributed by atoms with Crippen molar-refractivity contribution >= 4 is 15.9 Å². The summed E-state index contributed by atoms with van der Waals surface area (Å²) in [5.41, 5.74) is 2.55. The zero-order valence-corrected chi connectivity index (χ0v) is 9.30. The van der Waals surface area contributed by atoms with Gasteiger partial charge < -0.3 is 4.74 Å². The fraction of sp³-hybridized carbons (Fsp3) is 0.455. The van der Waals surface area contributed by atoms with Gasteiger partial charge in [0.1, 0.15) is 5.75 Å². The summed E-state index contributed by atoms with van der Waals surface area (Å²) in [6.07, 6.45) is 2.92. The van der Waals surface area contributed by atoms with Crippen LogP contribution in [0.15, 0.2) is 18.2 Å². The van der Waals surface area contributed by atoms with E-state index in [9.17, 15) is 0 Å². The first-order valence-corrected chi connectivity index (χ1v) is 5.74. The van der Waals surface area contributed by atoms with Crippen LogP contribution in [0.3, 0.4) is 0 Å². The number of hydrogen-bond acceptors (Lipinski definition) is 1. The molecule has 2 rings (SSSR count). The van der Waals surface area contributed by atoms with Gasteiger partial charge in [-0.25, -0.2) is 0 Å². The van der Waals surface area contributed by atoms with Crippen LogP contribution < -0.4 is 4.74 Å². The lowest BCUT2D eigenvalue weighted by Crippen LogP contribution is -1.98. The van der Waals surface area contributed by atoms with E-state index in [4.69, 9.17) is 4.74 Å². The Labute approximate surface area is 87.2 Å². The van der Waals surface area contributed by atoms with E-state index in [1.165, 1.54) is 24.0 Å². The summed E-state index contributed by atoms with van der Waals surface area (Å²) in [6.45, 7) is 2.10. The van der Waals surface area contributed by atoms with Crippen molar-refractivity contribution in [2.75, 3.05) is 0 Å². The predicted octanol–water partition coefficient (Wildman–Crippen LogP) is 3.43. The Hall–Kier alpha value is -0.500. The molecule has 0 aliphatic heterocycles. The van der Waals surface area contributed by atoms with Crippen molar-refractivity contribution in [2.45, 2.75) is 31.2 Å². The molecule has 0 spiro atoms. The maximum Gasteiger partial charge on any atom is 0.123 e. The van der Waals surface area contributed by atoms with Gasteiger partial charge in [0.15, 0.2) is 0 Å². The van der Waals surface area contributed by atoms with Crippen LogP contribution in [0, 0.1) is 6.92 Å². The number of alkyl halides is 1. The second kappa shape index (κ2) is 3.70. The van der Waals surface area contributed by atoms with Crippen LogP contribution in [0.5, 0.6) is 5.75 Å². The highest BCUT2D eigenvalue weighted by Gasteiger charge is 2.24. The summed E-state index contributed by atoms with van der Waals surface area (Å²) >= 11 is 3.47. The second-order valence-corrected chi connectivity index (χ2v) is 4.12. The van der Waals surface area contributed by atoms with Crippen LogP contribution in [0.25, 0.3) is 0 Å². The van der Waals surface area contributed by atoms with Gasteiger partial charge in [-0.15, -0.1) is 0 Å². The third kappa shape index (κ3) is 2.25. The Bertz CT molecular complexity index is 305. The zero-order chi connectivity index (χ0) is 9.26. The Morgan fingerprint density at radius 3 is 2.85 bits per heavy atom. The SMILES string of the molecule is Cc1ccc(OC2CC2)c(CBr)c1. The number of rotatable bonds is 3. The monoisotopic (exact) mass is 240 g/mol. The number of hydrogen-bond donors (Lipinski definition) is 0. The maximum absolute atomic E-state index is 5.77. The molecule has 2 heteroatoms. The first-order chi connectivity index (χ1) is 6.29. The van der Waals surface area contributed by atoms with E-state index in [1.54, 1.807) is 0 Å². The van der Waals surface area contributed by atoms with Gasteiger partial charge in [0, 0.05) is 10.9 Å². The minimum atomic E-state index is 0.487. The molecule has 0 aromatic heterocycles. The zero-order valence-electron chi connectivity index (χ0n) is 7.72. The maximum atomic E-state index is 5.77. The molecule has 1 aromatic carbocycles. The lowest BCUT2D eigenvalue weighted by Gasteiger charge is -2.09. The molecule has 13 heavy (non-hydrogen) atoms. The standard InChI is InChI=1S/C11H13BrO/c1-8-2-5-11(9(6-8)7-12)13-10-3-4-10/h2,5-6,10H,3-4,7H2,1H3. The minimum absolute atomic E-state index is 0.487. The summed E-state index contributed by atoms with van der Waals surface area (Å²) < 4.78 is 5.77. The molecule has 1 nitrogen and oxygen atoms in total. The van der Waals surface area contributed by atoms with Crippen LogP contribution >= 0.6 is 15.9 Å². The molecule has 1 aliphatic rings. The topological polar surface area (TPSA) is 9.23 Å². The highest BCUT2D eigenvalue weighted by molar-refractivity contribution is 9.08. The van der Waals surface area contributed by atoms with Crippen molar-refractivity contribution in [2.24, 2.45) is 0 Å². The van der Waals surface area contributed by atoms with Crippen LogP contribution in [-0.2, 0) is 5.33 Å². The molecule has 1 aromatic rings. The third-order valence-electron chi connectivity index (χ3n) is 2.18. The van der Waals surface area contributed by atoms with E-state index in [2.05, 4.69) is 41.1 Å². The average Bonchev–Trinajstić information content (AvgIpc) is 2.92. The summed E-state index contributed by atoms with van der Waals surface area (Å²) in [5, 5.41) is 0.872. The molecule has 0 amide bonds.